The highest BCUT2D eigenvalue weighted by Gasteiger charge is 2.48. The van der Waals surface area contributed by atoms with Crippen LogP contribution in [0.15, 0.2) is 0 Å². The van der Waals surface area contributed by atoms with Crippen molar-refractivity contribution in [3.05, 3.63) is 0 Å². The number of thioether (sulfide) groups is 1. The van der Waals surface area contributed by atoms with Crippen molar-refractivity contribution in [2.75, 3.05) is 12.8 Å². The van der Waals surface area contributed by atoms with Gasteiger partial charge in [-0.05, 0) is 32.6 Å². The summed E-state index contributed by atoms with van der Waals surface area (Å²) in [4.78, 5) is 12.7. The van der Waals surface area contributed by atoms with Gasteiger partial charge in [-0.25, -0.2) is 4.39 Å². The molecule has 0 radical (unpaired) electrons. The summed E-state index contributed by atoms with van der Waals surface area (Å²) in [5.41, 5.74) is -2.16. The number of hydrogen-bond acceptors (Lipinski definition) is 7. The Morgan fingerprint density at radius 3 is 2.63 bits per heavy atom. The van der Waals surface area contributed by atoms with Gasteiger partial charge in [0.15, 0.2) is 0 Å². The van der Waals surface area contributed by atoms with Crippen LogP contribution in [0.4, 0.5) is 4.39 Å². The van der Waals surface area contributed by atoms with Gasteiger partial charge >= 0.3 is 0 Å². The third kappa shape index (κ3) is 5.26. The van der Waals surface area contributed by atoms with E-state index in [0.29, 0.717) is 19.4 Å². The van der Waals surface area contributed by atoms with Crippen LogP contribution in [0, 0.1) is 0 Å². The van der Waals surface area contributed by atoms with Gasteiger partial charge in [-0.2, -0.15) is 0 Å². The van der Waals surface area contributed by atoms with Gasteiger partial charge in [-0.3, -0.25) is 4.79 Å². The van der Waals surface area contributed by atoms with E-state index in [1.165, 1.54) is 11.8 Å². The fourth-order valence-corrected chi connectivity index (χ4v) is 4.49. The van der Waals surface area contributed by atoms with E-state index in [1.54, 1.807) is 20.1 Å². The summed E-state index contributed by atoms with van der Waals surface area (Å²) < 4.78 is 20.4. The first-order valence-corrected chi connectivity index (χ1v) is 10.9. The molecule has 2 aliphatic heterocycles. The number of piperidine rings is 1. The Bertz CT molecular complexity index is 518. The minimum absolute atomic E-state index is 0.0571. The summed E-state index contributed by atoms with van der Waals surface area (Å²) in [6.07, 6.45) is -2.68. The molecule has 0 aromatic carbocycles. The van der Waals surface area contributed by atoms with Gasteiger partial charge in [0.2, 0.25) is 5.91 Å². The van der Waals surface area contributed by atoms with Gasteiger partial charge in [0.25, 0.3) is 0 Å². The number of carbonyl (C=O) groups is 1. The average Bonchev–Trinajstić information content (AvgIpc) is 2.64. The molecule has 9 atom stereocenters. The maximum absolute atomic E-state index is 14.6. The van der Waals surface area contributed by atoms with Gasteiger partial charge in [0.05, 0.1) is 17.5 Å². The number of rotatable bonds is 6. The fourth-order valence-electron chi connectivity index (χ4n) is 3.61. The van der Waals surface area contributed by atoms with Crippen molar-refractivity contribution in [1.82, 2.24) is 10.6 Å². The summed E-state index contributed by atoms with van der Waals surface area (Å²) in [5, 5.41) is 35.6. The number of nitrogens with one attached hydrogen (secondary N) is 2. The first-order chi connectivity index (χ1) is 12.6. The largest absolute Gasteiger partial charge is 0.388 e. The SMILES string of the molecule is CCC1(F)CCNC(C(=O)NC(C(C)Cl)[C@H]2O[C@H](SC)[C@H](O)[C@@H](O)[C@H]2O)C1. The summed E-state index contributed by atoms with van der Waals surface area (Å²) in [6, 6.07) is -1.54. The molecule has 10 heteroatoms. The van der Waals surface area contributed by atoms with Crippen LogP contribution in [0.25, 0.3) is 0 Å². The van der Waals surface area contributed by atoms with Crippen LogP contribution in [0.5, 0.6) is 0 Å². The molecule has 0 saturated carbocycles. The third-order valence-corrected chi connectivity index (χ3v) is 6.61. The lowest BCUT2D eigenvalue weighted by atomic mass is 9.86. The van der Waals surface area contributed by atoms with Crippen LogP contribution < -0.4 is 10.6 Å². The topological polar surface area (TPSA) is 111 Å². The Balaban J connectivity index is 2.11. The van der Waals surface area contributed by atoms with Crippen LogP contribution in [-0.2, 0) is 9.53 Å². The van der Waals surface area contributed by atoms with Crippen LogP contribution in [-0.4, -0.2) is 87.0 Å². The lowest BCUT2D eigenvalue weighted by molar-refractivity contribution is -0.205. The quantitative estimate of drug-likeness (QED) is 0.383. The molecule has 4 unspecified atom stereocenters. The minimum atomic E-state index is -1.43. The molecular formula is C17H30ClFN2O5S. The second-order valence-corrected chi connectivity index (χ2v) is 8.98. The zero-order valence-corrected chi connectivity index (χ0v) is 17.3. The number of hydrogen-bond donors (Lipinski definition) is 5. The Hall–Kier alpha value is -0.160. The second-order valence-electron chi connectivity index (χ2n) is 7.35. The first-order valence-electron chi connectivity index (χ1n) is 9.22. The normalized spacial score (nSPS) is 42.4. The van der Waals surface area contributed by atoms with Gasteiger partial charge in [0.1, 0.15) is 35.5 Å². The summed E-state index contributed by atoms with van der Waals surface area (Å²) in [7, 11) is 0. The molecule has 5 N–H and O–H groups in total. The molecule has 2 heterocycles. The number of halogens is 2. The fraction of sp³-hybridized carbons (Fsp3) is 0.941. The van der Waals surface area contributed by atoms with E-state index in [9.17, 15) is 24.5 Å². The van der Waals surface area contributed by atoms with Gasteiger partial charge in [-0.15, -0.1) is 23.4 Å². The van der Waals surface area contributed by atoms with Crippen LogP contribution in [0.2, 0.25) is 0 Å². The summed E-state index contributed by atoms with van der Waals surface area (Å²) in [6.45, 7) is 3.78. The number of aliphatic hydroxyl groups excluding tert-OH is 3. The van der Waals surface area contributed by atoms with Crippen molar-refractivity contribution in [2.24, 2.45) is 0 Å². The second kappa shape index (κ2) is 9.56. The number of amides is 1. The maximum Gasteiger partial charge on any atom is 0.237 e. The minimum Gasteiger partial charge on any atom is -0.388 e. The van der Waals surface area contributed by atoms with E-state index in [1.807, 2.05) is 0 Å². The monoisotopic (exact) mass is 428 g/mol. The zero-order valence-electron chi connectivity index (χ0n) is 15.8. The molecule has 0 aromatic heterocycles. The molecule has 7 nitrogen and oxygen atoms in total. The Labute approximate surface area is 168 Å². The molecule has 0 bridgehead atoms. The highest BCUT2D eigenvalue weighted by Crippen LogP contribution is 2.31. The molecule has 2 rings (SSSR count). The van der Waals surface area contributed by atoms with Crippen molar-refractivity contribution in [2.45, 2.75) is 86.1 Å². The highest BCUT2D eigenvalue weighted by molar-refractivity contribution is 7.99. The zero-order chi connectivity index (χ0) is 20.4. The van der Waals surface area contributed by atoms with Gasteiger partial charge in [-0.1, -0.05) is 6.92 Å². The van der Waals surface area contributed by atoms with E-state index >= 15 is 0 Å². The number of ether oxygens (including phenoxy) is 1. The predicted octanol–water partition coefficient (Wildman–Crippen LogP) is 0.139. The predicted molar refractivity (Wildman–Crippen MR) is 103 cm³/mol. The summed E-state index contributed by atoms with van der Waals surface area (Å²) >= 11 is 7.41. The van der Waals surface area contributed by atoms with Gasteiger partial charge < -0.3 is 30.7 Å². The Morgan fingerprint density at radius 1 is 1.41 bits per heavy atom. The van der Waals surface area contributed by atoms with Crippen molar-refractivity contribution < 1.29 is 29.2 Å². The molecule has 0 aliphatic carbocycles. The van der Waals surface area contributed by atoms with Crippen LogP contribution in [0.3, 0.4) is 0 Å². The molecule has 2 saturated heterocycles. The molecular weight excluding hydrogens is 399 g/mol. The van der Waals surface area contributed by atoms with Crippen LogP contribution in [0.1, 0.15) is 33.1 Å². The smallest absolute Gasteiger partial charge is 0.237 e. The third-order valence-electron chi connectivity index (χ3n) is 5.48. The first kappa shape index (κ1) is 23.1. The lowest BCUT2D eigenvalue weighted by Gasteiger charge is -2.44. The molecule has 2 aliphatic rings. The van der Waals surface area contributed by atoms with Gasteiger partial charge in [0, 0.05) is 6.42 Å². The molecule has 158 valence electrons. The van der Waals surface area contributed by atoms with E-state index < -0.39 is 58.9 Å². The number of alkyl halides is 2. The number of carbonyl (C=O) groups excluding carboxylic acids is 1. The lowest BCUT2D eigenvalue weighted by Crippen LogP contribution is -2.65. The van der Waals surface area contributed by atoms with Crippen molar-refractivity contribution >= 4 is 29.3 Å². The maximum atomic E-state index is 14.6. The van der Waals surface area contributed by atoms with E-state index in [2.05, 4.69) is 10.6 Å². The van der Waals surface area contributed by atoms with Crippen molar-refractivity contribution in [3.8, 4) is 0 Å². The molecule has 2 fully saturated rings. The molecule has 0 aromatic rings. The molecule has 27 heavy (non-hydrogen) atoms. The van der Waals surface area contributed by atoms with E-state index in [0.717, 1.165) is 0 Å². The standard InChI is InChI=1S/C17H30ClFN2O5S/c1-4-17(19)5-6-20-9(7-17)15(25)21-10(8(2)18)14-12(23)11(22)13(24)16(26-14)27-3/h8-14,16,20,22-24H,4-7H2,1-3H3,(H,21,25)/t8?,9?,10?,11-,12+,13+,14+,16+,17?/m0/s1. The Morgan fingerprint density at radius 2 is 2.07 bits per heavy atom. The van der Waals surface area contributed by atoms with E-state index in [-0.39, 0.29) is 6.42 Å². The van der Waals surface area contributed by atoms with Crippen molar-refractivity contribution in [1.29, 1.82) is 0 Å². The summed E-state index contributed by atoms with van der Waals surface area (Å²) in [5.74, 6) is -0.431. The number of aliphatic hydroxyl groups is 3. The van der Waals surface area contributed by atoms with Crippen LogP contribution >= 0.6 is 23.4 Å². The highest BCUT2D eigenvalue weighted by atomic mass is 35.5. The molecule has 1 amide bonds. The van der Waals surface area contributed by atoms with Crippen molar-refractivity contribution in [3.63, 3.8) is 0 Å². The Kier molecular flexibility index (Phi) is 8.19. The van der Waals surface area contributed by atoms with E-state index in [4.69, 9.17) is 16.3 Å². The molecule has 0 spiro atoms. The average molecular weight is 429 g/mol.